The standard InChI is InChI=1S/C30H49F3N2O5/c1-19(2)22(14-21-9-10-25(30(31,32)33)28(15-21)40-13-7-11-38-5)16-26(34)27(36)17-24(20(3)4)29(37)35-18-23-8-6-12-39-23/h9-10,15,19-20,22-24,26-27,36H,6-8,11-14,16-18,34H2,1-5H3,(H,35,37)/t22-,23-,24-,26-,27-/m0/s1. The summed E-state index contributed by atoms with van der Waals surface area (Å²) in [5.41, 5.74) is 6.36. The van der Waals surface area contributed by atoms with Gasteiger partial charge in [-0.25, -0.2) is 0 Å². The van der Waals surface area contributed by atoms with Crippen LogP contribution >= 0.6 is 0 Å². The zero-order valence-corrected chi connectivity index (χ0v) is 24.6. The van der Waals surface area contributed by atoms with E-state index in [1.54, 1.807) is 0 Å². The van der Waals surface area contributed by atoms with Gasteiger partial charge in [-0.2, -0.15) is 13.2 Å². The lowest BCUT2D eigenvalue weighted by Crippen LogP contribution is -2.43. The molecule has 1 amide bonds. The quantitative estimate of drug-likeness (QED) is 0.227. The molecule has 1 heterocycles. The predicted octanol–water partition coefficient (Wildman–Crippen LogP) is 4.97. The largest absolute Gasteiger partial charge is 0.493 e. The molecule has 0 aromatic heterocycles. The average Bonchev–Trinajstić information content (AvgIpc) is 3.40. The minimum absolute atomic E-state index is 0.00794. The monoisotopic (exact) mass is 574 g/mol. The van der Waals surface area contributed by atoms with Crippen LogP contribution in [-0.2, 0) is 26.9 Å². The van der Waals surface area contributed by atoms with Crippen molar-refractivity contribution in [3.05, 3.63) is 29.3 Å². The Morgan fingerprint density at radius 3 is 2.48 bits per heavy atom. The van der Waals surface area contributed by atoms with Gasteiger partial charge in [0.15, 0.2) is 0 Å². The van der Waals surface area contributed by atoms with Crippen LogP contribution in [0.4, 0.5) is 13.2 Å². The van der Waals surface area contributed by atoms with E-state index in [4.69, 9.17) is 19.9 Å². The van der Waals surface area contributed by atoms with Crippen molar-refractivity contribution in [3.63, 3.8) is 0 Å². The van der Waals surface area contributed by atoms with Gasteiger partial charge in [-0.3, -0.25) is 4.79 Å². The molecule has 1 fully saturated rings. The number of rotatable bonds is 17. The summed E-state index contributed by atoms with van der Waals surface area (Å²) in [6.45, 7) is 9.65. The average molecular weight is 575 g/mol. The van der Waals surface area contributed by atoms with Crippen LogP contribution in [0.1, 0.15) is 70.9 Å². The minimum atomic E-state index is -4.53. The normalized spacial score (nSPS) is 19.1. The number of ether oxygens (including phenoxy) is 3. The molecule has 230 valence electrons. The number of methoxy groups -OCH3 is 1. The third-order valence-corrected chi connectivity index (χ3v) is 7.78. The number of alkyl halides is 3. The summed E-state index contributed by atoms with van der Waals surface area (Å²) < 4.78 is 56.7. The Morgan fingerprint density at radius 1 is 1.18 bits per heavy atom. The molecule has 0 bridgehead atoms. The van der Waals surface area contributed by atoms with E-state index in [1.165, 1.54) is 19.2 Å². The van der Waals surface area contributed by atoms with E-state index < -0.39 is 29.8 Å². The van der Waals surface area contributed by atoms with Crippen LogP contribution in [-0.4, -0.2) is 62.7 Å². The highest BCUT2D eigenvalue weighted by molar-refractivity contribution is 5.78. The third-order valence-electron chi connectivity index (χ3n) is 7.78. The second kappa shape index (κ2) is 16.5. The Labute approximate surface area is 237 Å². The molecule has 1 aliphatic rings. The highest BCUT2D eigenvalue weighted by Crippen LogP contribution is 2.38. The van der Waals surface area contributed by atoms with Crippen molar-refractivity contribution in [1.29, 1.82) is 0 Å². The van der Waals surface area contributed by atoms with Gasteiger partial charge in [0, 0.05) is 45.2 Å². The molecular weight excluding hydrogens is 525 g/mol. The number of benzene rings is 1. The molecule has 7 nitrogen and oxygen atoms in total. The van der Waals surface area contributed by atoms with Crippen molar-refractivity contribution >= 4 is 5.91 Å². The van der Waals surface area contributed by atoms with E-state index in [-0.39, 0.29) is 48.5 Å². The Kier molecular flexibility index (Phi) is 14.2. The zero-order chi connectivity index (χ0) is 29.9. The van der Waals surface area contributed by atoms with Crippen LogP contribution in [0.3, 0.4) is 0 Å². The van der Waals surface area contributed by atoms with Crippen LogP contribution in [0.5, 0.6) is 5.75 Å². The fourth-order valence-corrected chi connectivity index (χ4v) is 5.10. The molecular formula is C30H49F3N2O5. The molecule has 1 saturated heterocycles. The maximum absolute atomic E-state index is 13.6. The molecule has 0 spiro atoms. The molecule has 40 heavy (non-hydrogen) atoms. The van der Waals surface area contributed by atoms with E-state index in [9.17, 15) is 23.1 Å². The summed E-state index contributed by atoms with van der Waals surface area (Å²) >= 11 is 0. The lowest BCUT2D eigenvalue weighted by atomic mass is 9.80. The molecule has 1 aromatic rings. The van der Waals surface area contributed by atoms with Crippen molar-refractivity contribution in [2.24, 2.45) is 29.4 Å². The number of halogens is 3. The van der Waals surface area contributed by atoms with Crippen LogP contribution in [0.25, 0.3) is 0 Å². The number of carbonyl (C=O) groups excluding carboxylic acids is 1. The second-order valence-corrected chi connectivity index (χ2v) is 11.7. The third kappa shape index (κ3) is 11.2. The predicted molar refractivity (Wildman–Crippen MR) is 149 cm³/mol. The maximum atomic E-state index is 13.6. The molecule has 10 heteroatoms. The number of nitrogens with one attached hydrogen (secondary N) is 1. The topological polar surface area (TPSA) is 103 Å². The number of nitrogens with two attached hydrogens (primary N) is 1. The highest BCUT2D eigenvalue weighted by Gasteiger charge is 2.35. The maximum Gasteiger partial charge on any atom is 0.419 e. The Bertz CT molecular complexity index is 891. The molecule has 0 radical (unpaired) electrons. The number of hydrogen-bond donors (Lipinski definition) is 3. The SMILES string of the molecule is COCCCOc1cc(C[C@@H](C[C@H](N)[C@@H](O)C[C@H](C(=O)NC[C@@H]2CCCO2)C(C)C)C(C)C)ccc1C(F)(F)F. The molecule has 5 atom stereocenters. The highest BCUT2D eigenvalue weighted by atomic mass is 19.4. The Hall–Kier alpha value is -1.88. The van der Waals surface area contributed by atoms with Gasteiger partial charge in [0.2, 0.25) is 5.91 Å². The molecule has 1 aromatic carbocycles. The molecule has 0 aliphatic carbocycles. The van der Waals surface area contributed by atoms with E-state index in [0.29, 0.717) is 44.6 Å². The summed E-state index contributed by atoms with van der Waals surface area (Å²) in [5, 5.41) is 14.0. The summed E-state index contributed by atoms with van der Waals surface area (Å²) in [4.78, 5) is 12.9. The van der Waals surface area contributed by atoms with Crippen molar-refractivity contribution in [3.8, 4) is 5.75 Å². The zero-order valence-electron chi connectivity index (χ0n) is 24.6. The van der Waals surface area contributed by atoms with Gasteiger partial charge in [-0.1, -0.05) is 33.8 Å². The molecule has 0 saturated carbocycles. The van der Waals surface area contributed by atoms with E-state index >= 15 is 0 Å². The first kappa shape index (κ1) is 34.3. The number of amides is 1. The first-order valence-corrected chi connectivity index (χ1v) is 14.5. The van der Waals surface area contributed by atoms with Gasteiger partial charge < -0.3 is 30.4 Å². The van der Waals surface area contributed by atoms with E-state index in [0.717, 1.165) is 18.9 Å². The van der Waals surface area contributed by atoms with Crippen LogP contribution in [0, 0.1) is 23.7 Å². The summed E-state index contributed by atoms with van der Waals surface area (Å²) in [6.07, 6.45) is -1.80. The van der Waals surface area contributed by atoms with Crippen LogP contribution in [0.15, 0.2) is 18.2 Å². The van der Waals surface area contributed by atoms with E-state index in [2.05, 4.69) is 5.32 Å². The number of carbonyl (C=O) groups is 1. The Balaban J connectivity index is 2.04. The van der Waals surface area contributed by atoms with Gasteiger partial charge in [-0.15, -0.1) is 0 Å². The van der Waals surface area contributed by atoms with Crippen molar-refractivity contribution < 1.29 is 37.3 Å². The van der Waals surface area contributed by atoms with Gasteiger partial charge in [0.05, 0.1) is 24.4 Å². The summed E-state index contributed by atoms with van der Waals surface area (Å²) in [7, 11) is 1.53. The molecule has 2 rings (SSSR count). The van der Waals surface area contributed by atoms with Crippen molar-refractivity contribution in [2.75, 3.05) is 33.5 Å². The minimum Gasteiger partial charge on any atom is -0.493 e. The van der Waals surface area contributed by atoms with Gasteiger partial charge in [0.25, 0.3) is 0 Å². The Morgan fingerprint density at radius 2 is 1.90 bits per heavy atom. The van der Waals surface area contributed by atoms with Gasteiger partial charge in [0.1, 0.15) is 5.75 Å². The summed E-state index contributed by atoms with van der Waals surface area (Å²) in [5.74, 6) is -0.508. The molecule has 4 N–H and O–H groups in total. The van der Waals surface area contributed by atoms with Crippen LogP contribution < -0.4 is 15.8 Å². The van der Waals surface area contributed by atoms with Gasteiger partial charge in [-0.05, 0) is 67.6 Å². The first-order chi connectivity index (χ1) is 18.8. The van der Waals surface area contributed by atoms with Crippen LogP contribution in [0.2, 0.25) is 0 Å². The van der Waals surface area contributed by atoms with Crippen molar-refractivity contribution in [2.45, 2.75) is 90.6 Å². The number of aliphatic hydroxyl groups excluding tert-OH is 1. The summed E-state index contributed by atoms with van der Waals surface area (Å²) in [6, 6.07) is 3.42. The lowest BCUT2D eigenvalue weighted by molar-refractivity contribution is -0.139. The second-order valence-electron chi connectivity index (χ2n) is 11.7. The smallest absolute Gasteiger partial charge is 0.419 e. The number of aliphatic hydroxyl groups is 1. The lowest BCUT2D eigenvalue weighted by Gasteiger charge is -2.30. The van der Waals surface area contributed by atoms with E-state index in [1.807, 2.05) is 27.7 Å². The van der Waals surface area contributed by atoms with Crippen molar-refractivity contribution in [1.82, 2.24) is 5.32 Å². The molecule has 0 unspecified atom stereocenters. The fourth-order valence-electron chi connectivity index (χ4n) is 5.10. The first-order valence-electron chi connectivity index (χ1n) is 14.5. The van der Waals surface area contributed by atoms with Gasteiger partial charge >= 0.3 is 6.18 Å². The fraction of sp³-hybridized carbons (Fsp3) is 0.767. The number of hydrogen-bond acceptors (Lipinski definition) is 6. The molecule has 1 aliphatic heterocycles.